The van der Waals surface area contributed by atoms with Crippen molar-refractivity contribution in [3.63, 3.8) is 0 Å². The van der Waals surface area contributed by atoms with Crippen molar-refractivity contribution >= 4 is 11.6 Å². The fourth-order valence-corrected chi connectivity index (χ4v) is 5.33. The molecular weight excluding hydrogens is 426 g/mol. The minimum Gasteiger partial charge on any atom is -0.311 e. The number of hydrogen-bond acceptors (Lipinski definition) is 4. The molecule has 0 saturated carbocycles. The molecule has 7 nitrogen and oxygen atoms in total. The molecule has 178 valence electrons. The zero-order chi connectivity index (χ0) is 23.5. The van der Waals surface area contributed by atoms with Crippen molar-refractivity contribution in [3.05, 3.63) is 82.0 Å². The Kier molecular flexibility index (Phi) is 6.63. The van der Waals surface area contributed by atoms with Gasteiger partial charge in [0.1, 0.15) is 5.82 Å². The van der Waals surface area contributed by atoms with Gasteiger partial charge in [0.05, 0.1) is 13.1 Å². The van der Waals surface area contributed by atoms with E-state index in [9.17, 15) is 9.59 Å². The first-order valence-corrected chi connectivity index (χ1v) is 12.5. The smallest absolute Gasteiger partial charge is 0.311 e. The third-order valence-corrected chi connectivity index (χ3v) is 7.17. The van der Waals surface area contributed by atoms with Gasteiger partial charge in [-0.1, -0.05) is 48.5 Å². The lowest BCUT2D eigenvalue weighted by molar-refractivity contribution is -0.120. The van der Waals surface area contributed by atoms with Crippen LogP contribution >= 0.6 is 0 Å². The van der Waals surface area contributed by atoms with Crippen molar-refractivity contribution in [2.75, 3.05) is 31.1 Å². The quantitative estimate of drug-likeness (QED) is 0.568. The molecular formula is C27H33N5O2. The predicted octanol–water partition coefficient (Wildman–Crippen LogP) is 3.27. The van der Waals surface area contributed by atoms with Gasteiger partial charge in [-0.3, -0.25) is 14.3 Å². The number of piperidine rings is 1. The number of nitrogens with zero attached hydrogens (tertiary/aromatic N) is 5. The van der Waals surface area contributed by atoms with E-state index in [4.69, 9.17) is 5.10 Å². The van der Waals surface area contributed by atoms with Gasteiger partial charge in [-0.05, 0) is 62.9 Å². The third-order valence-electron chi connectivity index (χ3n) is 7.17. The summed E-state index contributed by atoms with van der Waals surface area (Å²) in [6.45, 7) is 6.05. The number of rotatable bonds is 6. The van der Waals surface area contributed by atoms with Gasteiger partial charge in [0, 0.05) is 24.7 Å². The summed E-state index contributed by atoms with van der Waals surface area (Å²) in [7, 11) is 0. The minimum atomic E-state index is -0.0391. The van der Waals surface area contributed by atoms with E-state index in [1.54, 1.807) is 4.68 Å². The summed E-state index contributed by atoms with van der Waals surface area (Å²) < 4.78 is 3.41. The van der Waals surface area contributed by atoms with E-state index < -0.39 is 0 Å². The molecule has 34 heavy (non-hydrogen) atoms. The number of carbonyl (C=O) groups is 1. The molecule has 0 radical (unpaired) electrons. The highest BCUT2D eigenvalue weighted by Gasteiger charge is 2.29. The van der Waals surface area contributed by atoms with Gasteiger partial charge in [-0.2, -0.15) is 5.10 Å². The molecule has 0 atom stereocenters. The monoisotopic (exact) mass is 459 g/mol. The van der Waals surface area contributed by atoms with Crippen molar-refractivity contribution in [2.24, 2.45) is 0 Å². The van der Waals surface area contributed by atoms with Gasteiger partial charge >= 0.3 is 5.69 Å². The molecule has 7 heteroatoms. The summed E-state index contributed by atoms with van der Waals surface area (Å²) in [6.07, 6.45) is 3.88. The van der Waals surface area contributed by atoms with Crippen LogP contribution in [0.15, 0.2) is 59.4 Å². The summed E-state index contributed by atoms with van der Waals surface area (Å²) in [5.41, 5.74) is 3.38. The second-order valence-electron chi connectivity index (χ2n) is 9.36. The van der Waals surface area contributed by atoms with E-state index in [0.29, 0.717) is 19.6 Å². The van der Waals surface area contributed by atoms with E-state index in [2.05, 4.69) is 23.1 Å². The van der Waals surface area contributed by atoms with Crippen molar-refractivity contribution in [3.8, 4) is 0 Å². The average Bonchev–Trinajstić information content (AvgIpc) is 3.19. The fraction of sp³-hybridized carbons (Fsp3) is 0.444. The van der Waals surface area contributed by atoms with E-state index >= 15 is 0 Å². The number of benzene rings is 2. The maximum atomic E-state index is 13.1. The van der Waals surface area contributed by atoms with Crippen LogP contribution in [-0.4, -0.2) is 51.3 Å². The standard InChI is InChI=1S/C27H33N5O2/c1-2-30-26(28-32(27(30)34)19-21-9-4-3-5-10-21)23-14-17-29(18-15-23)20-25(33)31-16-8-12-22-11-6-7-13-24(22)31/h3-7,9-11,13,23H,2,8,12,14-20H2,1H3. The van der Waals surface area contributed by atoms with Crippen LogP contribution < -0.4 is 10.6 Å². The Balaban J connectivity index is 1.23. The molecule has 0 bridgehead atoms. The molecule has 1 amide bonds. The van der Waals surface area contributed by atoms with Gasteiger partial charge in [-0.25, -0.2) is 9.48 Å². The first kappa shape index (κ1) is 22.6. The lowest BCUT2D eigenvalue weighted by Gasteiger charge is -2.34. The zero-order valence-corrected chi connectivity index (χ0v) is 19.9. The molecule has 0 spiro atoms. The second-order valence-corrected chi connectivity index (χ2v) is 9.36. The number of anilines is 1. The molecule has 3 aromatic rings. The van der Waals surface area contributed by atoms with Gasteiger partial charge < -0.3 is 4.90 Å². The van der Waals surface area contributed by atoms with Crippen molar-refractivity contribution in [1.29, 1.82) is 0 Å². The van der Waals surface area contributed by atoms with Crippen molar-refractivity contribution in [2.45, 2.75) is 51.6 Å². The SMILES string of the molecule is CCn1c(C2CCN(CC(=O)N3CCCc4ccccc43)CC2)nn(Cc2ccccc2)c1=O. The number of hydrogen-bond donors (Lipinski definition) is 0. The molecule has 1 fully saturated rings. The number of carbonyl (C=O) groups excluding carboxylic acids is 1. The summed E-state index contributed by atoms with van der Waals surface area (Å²) in [6, 6.07) is 18.2. The number of aromatic nitrogens is 3. The van der Waals surface area contributed by atoms with E-state index in [1.807, 2.05) is 52.8 Å². The van der Waals surface area contributed by atoms with Crippen LogP contribution in [0.2, 0.25) is 0 Å². The Morgan fingerprint density at radius 2 is 1.74 bits per heavy atom. The van der Waals surface area contributed by atoms with Crippen LogP contribution in [0.1, 0.15) is 49.1 Å². The van der Waals surface area contributed by atoms with Gasteiger partial charge in [0.25, 0.3) is 0 Å². The normalized spacial score (nSPS) is 17.0. The maximum absolute atomic E-state index is 13.1. The van der Waals surface area contributed by atoms with E-state index in [1.165, 1.54) is 5.56 Å². The maximum Gasteiger partial charge on any atom is 0.346 e. The van der Waals surface area contributed by atoms with Crippen LogP contribution in [0.5, 0.6) is 0 Å². The van der Waals surface area contributed by atoms with E-state index in [0.717, 1.165) is 62.4 Å². The molecule has 2 aromatic carbocycles. The Labute approximate surface area is 200 Å². The number of aryl methyl sites for hydroxylation is 1. The zero-order valence-electron chi connectivity index (χ0n) is 19.9. The van der Waals surface area contributed by atoms with Crippen LogP contribution in [0.3, 0.4) is 0 Å². The highest BCUT2D eigenvalue weighted by molar-refractivity contribution is 5.95. The molecule has 1 aromatic heterocycles. The van der Waals surface area contributed by atoms with Crippen LogP contribution in [0.25, 0.3) is 0 Å². The fourth-order valence-electron chi connectivity index (χ4n) is 5.33. The van der Waals surface area contributed by atoms with Crippen LogP contribution in [0, 0.1) is 0 Å². The minimum absolute atomic E-state index is 0.0391. The molecule has 1 saturated heterocycles. The molecule has 5 rings (SSSR count). The number of likely N-dealkylation sites (tertiary alicyclic amines) is 1. The molecule has 0 N–H and O–H groups in total. The lowest BCUT2D eigenvalue weighted by atomic mass is 9.95. The largest absolute Gasteiger partial charge is 0.346 e. The van der Waals surface area contributed by atoms with Gasteiger partial charge in [-0.15, -0.1) is 0 Å². The van der Waals surface area contributed by atoms with Crippen molar-refractivity contribution < 1.29 is 4.79 Å². The topological polar surface area (TPSA) is 63.4 Å². The summed E-state index contributed by atoms with van der Waals surface area (Å²) in [5, 5.41) is 4.76. The summed E-state index contributed by atoms with van der Waals surface area (Å²) in [5.74, 6) is 1.31. The van der Waals surface area contributed by atoms with Gasteiger partial charge in [0.2, 0.25) is 5.91 Å². The number of para-hydroxylation sites is 1. The summed E-state index contributed by atoms with van der Waals surface area (Å²) in [4.78, 5) is 30.3. The molecule has 2 aliphatic rings. The second kappa shape index (κ2) is 9.97. The Morgan fingerprint density at radius 3 is 2.50 bits per heavy atom. The molecule has 3 heterocycles. The number of fused-ring (bicyclic) bond motifs is 1. The third kappa shape index (κ3) is 4.57. The Hall–Kier alpha value is -3.19. The highest BCUT2D eigenvalue weighted by Crippen LogP contribution is 2.29. The molecule has 2 aliphatic heterocycles. The molecule has 0 aliphatic carbocycles. The Bertz CT molecular complexity index is 1190. The average molecular weight is 460 g/mol. The Morgan fingerprint density at radius 1 is 1.00 bits per heavy atom. The van der Waals surface area contributed by atoms with Crippen LogP contribution in [0.4, 0.5) is 5.69 Å². The summed E-state index contributed by atoms with van der Waals surface area (Å²) >= 11 is 0. The van der Waals surface area contributed by atoms with Gasteiger partial charge in [0.15, 0.2) is 0 Å². The first-order valence-electron chi connectivity index (χ1n) is 12.5. The highest BCUT2D eigenvalue weighted by atomic mass is 16.2. The molecule has 0 unspecified atom stereocenters. The lowest BCUT2D eigenvalue weighted by Crippen LogP contribution is -2.45. The van der Waals surface area contributed by atoms with E-state index in [-0.39, 0.29) is 17.5 Å². The van der Waals surface area contributed by atoms with Crippen LogP contribution in [-0.2, 0) is 24.3 Å². The number of amides is 1. The predicted molar refractivity (Wildman–Crippen MR) is 133 cm³/mol. The van der Waals surface area contributed by atoms with Crippen molar-refractivity contribution in [1.82, 2.24) is 19.2 Å². The first-order chi connectivity index (χ1) is 16.6.